The molecule has 0 spiro atoms. The number of aliphatic hydroxyl groups excluding tert-OH is 1. The molecule has 1 fully saturated rings. The van der Waals surface area contributed by atoms with E-state index < -0.39 is 11.7 Å². The van der Waals surface area contributed by atoms with Gasteiger partial charge in [-0.1, -0.05) is 19.1 Å². The summed E-state index contributed by atoms with van der Waals surface area (Å²) in [6.07, 6.45) is -4.33. The third kappa shape index (κ3) is 3.62. The molecule has 1 heterocycles. The SMILES string of the molecule is CCN(CC1(CO)COC1)C(C)c1cccc(C(F)(F)F)c1. The lowest BCUT2D eigenvalue weighted by Crippen LogP contribution is -2.53. The van der Waals surface area contributed by atoms with Crippen LogP contribution in [0.5, 0.6) is 0 Å². The van der Waals surface area contributed by atoms with E-state index in [1.807, 2.05) is 13.8 Å². The van der Waals surface area contributed by atoms with E-state index in [-0.39, 0.29) is 18.1 Å². The molecule has 0 bridgehead atoms. The van der Waals surface area contributed by atoms with Crippen molar-refractivity contribution in [3.05, 3.63) is 35.4 Å². The van der Waals surface area contributed by atoms with E-state index in [1.165, 1.54) is 12.1 Å². The Morgan fingerprint density at radius 2 is 2.05 bits per heavy atom. The zero-order chi connectivity index (χ0) is 16.4. The molecule has 1 unspecified atom stereocenters. The first-order valence-electron chi connectivity index (χ1n) is 7.41. The minimum Gasteiger partial charge on any atom is -0.396 e. The van der Waals surface area contributed by atoms with Crippen LogP contribution in [0.3, 0.4) is 0 Å². The fourth-order valence-corrected chi connectivity index (χ4v) is 2.76. The Morgan fingerprint density at radius 1 is 1.36 bits per heavy atom. The number of nitrogens with zero attached hydrogens (tertiary/aromatic N) is 1. The Morgan fingerprint density at radius 3 is 2.50 bits per heavy atom. The van der Waals surface area contributed by atoms with Crippen molar-refractivity contribution in [2.45, 2.75) is 26.1 Å². The number of alkyl halides is 3. The summed E-state index contributed by atoms with van der Waals surface area (Å²) in [4.78, 5) is 2.08. The molecule has 0 saturated carbocycles. The normalized spacial score (nSPS) is 19.0. The lowest BCUT2D eigenvalue weighted by Gasteiger charge is -2.44. The van der Waals surface area contributed by atoms with E-state index >= 15 is 0 Å². The van der Waals surface area contributed by atoms with E-state index in [0.29, 0.717) is 31.9 Å². The van der Waals surface area contributed by atoms with Crippen LogP contribution in [0.25, 0.3) is 0 Å². The van der Waals surface area contributed by atoms with E-state index in [2.05, 4.69) is 4.90 Å². The van der Waals surface area contributed by atoms with Crippen molar-refractivity contribution >= 4 is 0 Å². The second kappa shape index (κ2) is 6.56. The Kier molecular flexibility index (Phi) is 5.14. The maximum absolute atomic E-state index is 12.8. The first kappa shape index (κ1) is 17.2. The topological polar surface area (TPSA) is 32.7 Å². The van der Waals surface area contributed by atoms with Crippen molar-refractivity contribution in [2.24, 2.45) is 5.41 Å². The van der Waals surface area contributed by atoms with E-state index in [9.17, 15) is 18.3 Å². The fourth-order valence-electron chi connectivity index (χ4n) is 2.76. The molecule has 22 heavy (non-hydrogen) atoms. The number of rotatable bonds is 6. The van der Waals surface area contributed by atoms with Crippen LogP contribution < -0.4 is 0 Å². The monoisotopic (exact) mass is 317 g/mol. The van der Waals surface area contributed by atoms with Crippen LogP contribution in [0.2, 0.25) is 0 Å². The molecule has 0 aliphatic carbocycles. The smallest absolute Gasteiger partial charge is 0.396 e. The first-order chi connectivity index (χ1) is 10.3. The second-order valence-corrected chi connectivity index (χ2v) is 6.01. The Balaban J connectivity index is 2.16. The van der Waals surface area contributed by atoms with Gasteiger partial charge in [0.05, 0.1) is 30.8 Å². The van der Waals surface area contributed by atoms with Crippen molar-refractivity contribution in [1.82, 2.24) is 4.90 Å². The van der Waals surface area contributed by atoms with Gasteiger partial charge in [0.2, 0.25) is 0 Å². The highest BCUT2D eigenvalue weighted by Gasteiger charge is 2.40. The van der Waals surface area contributed by atoms with Crippen LogP contribution >= 0.6 is 0 Å². The van der Waals surface area contributed by atoms with Gasteiger partial charge >= 0.3 is 6.18 Å². The van der Waals surface area contributed by atoms with Crippen LogP contribution in [0.1, 0.15) is 31.0 Å². The number of benzene rings is 1. The highest BCUT2D eigenvalue weighted by molar-refractivity contribution is 5.27. The third-order valence-electron chi connectivity index (χ3n) is 4.34. The third-order valence-corrected chi connectivity index (χ3v) is 4.34. The Labute approximate surface area is 128 Å². The van der Waals surface area contributed by atoms with Crippen molar-refractivity contribution in [2.75, 3.05) is 32.9 Å². The van der Waals surface area contributed by atoms with Gasteiger partial charge < -0.3 is 9.84 Å². The highest BCUT2D eigenvalue weighted by atomic mass is 19.4. The molecule has 1 aliphatic heterocycles. The average Bonchev–Trinajstić information content (AvgIpc) is 2.46. The van der Waals surface area contributed by atoms with Crippen molar-refractivity contribution in [1.29, 1.82) is 0 Å². The molecule has 1 atom stereocenters. The van der Waals surface area contributed by atoms with Crippen LogP contribution in [-0.4, -0.2) is 42.9 Å². The molecule has 2 rings (SSSR count). The summed E-state index contributed by atoms with van der Waals surface area (Å²) >= 11 is 0. The molecular weight excluding hydrogens is 295 g/mol. The van der Waals surface area contributed by atoms with Gasteiger partial charge in [0, 0.05) is 12.6 Å². The minimum atomic E-state index is -4.33. The summed E-state index contributed by atoms with van der Waals surface area (Å²) in [5.41, 5.74) is -0.284. The van der Waals surface area contributed by atoms with E-state index in [1.54, 1.807) is 6.07 Å². The summed E-state index contributed by atoms with van der Waals surface area (Å²) in [5, 5.41) is 9.53. The van der Waals surface area contributed by atoms with Crippen molar-refractivity contribution in [3.8, 4) is 0 Å². The zero-order valence-electron chi connectivity index (χ0n) is 12.9. The standard InChI is InChI=1S/C16H22F3NO2/c1-3-20(8-15(9-21)10-22-11-15)12(2)13-5-4-6-14(7-13)16(17,18)19/h4-7,12,21H,3,8-11H2,1-2H3. The number of hydrogen-bond acceptors (Lipinski definition) is 3. The molecule has 0 aromatic heterocycles. The first-order valence-corrected chi connectivity index (χ1v) is 7.41. The van der Waals surface area contributed by atoms with Crippen LogP contribution in [0.4, 0.5) is 13.2 Å². The lowest BCUT2D eigenvalue weighted by molar-refractivity contribution is -0.151. The highest BCUT2D eigenvalue weighted by Crippen LogP contribution is 2.34. The molecule has 1 aliphatic rings. The summed E-state index contributed by atoms with van der Waals surface area (Å²) < 4.78 is 43.7. The van der Waals surface area contributed by atoms with Crippen molar-refractivity contribution in [3.63, 3.8) is 0 Å². The maximum atomic E-state index is 12.8. The van der Waals surface area contributed by atoms with E-state index in [4.69, 9.17) is 4.74 Å². The maximum Gasteiger partial charge on any atom is 0.416 e. The molecule has 1 aromatic carbocycles. The summed E-state index contributed by atoms with van der Waals surface area (Å²) in [6, 6.07) is 5.29. The molecule has 124 valence electrons. The van der Waals surface area contributed by atoms with Crippen molar-refractivity contribution < 1.29 is 23.0 Å². The second-order valence-electron chi connectivity index (χ2n) is 6.01. The predicted octanol–water partition coefficient (Wildman–Crippen LogP) is 3.10. The van der Waals surface area contributed by atoms with Gasteiger partial charge in [0.25, 0.3) is 0 Å². The van der Waals surface area contributed by atoms with Crippen LogP contribution in [0.15, 0.2) is 24.3 Å². The summed E-state index contributed by atoms with van der Waals surface area (Å²) in [7, 11) is 0. The summed E-state index contributed by atoms with van der Waals surface area (Å²) in [6.45, 7) is 6.18. The minimum absolute atomic E-state index is 0.0266. The molecule has 6 heteroatoms. The fraction of sp³-hybridized carbons (Fsp3) is 0.625. The number of halogens is 3. The number of aliphatic hydroxyl groups is 1. The van der Waals surface area contributed by atoms with Gasteiger partial charge in [0.1, 0.15) is 0 Å². The predicted molar refractivity (Wildman–Crippen MR) is 77.4 cm³/mol. The molecule has 0 radical (unpaired) electrons. The average molecular weight is 317 g/mol. The zero-order valence-corrected chi connectivity index (χ0v) is 12.9. The quantitative estimate of drug-likeness (QED) is 0.875. The van der Waals surface area contributed by atoms with Gasteiger partial charge in [-0.2, -0.15) is 13.2 Å². The van der Waals surface area contributed by atoms with Gasteiger partial charge in [-0.05, 0) is 31.2 Å². The molecule has 1 saturated heterocycles. The van der Waals surface area contributed by atoms with Gasteiger partial charge in [0.15, 0.2) is 0 Å². The lowest BCUT2D eigenvalue weighted by atomic mass is 9.85. The van der Waals surface area contributed by atoms with E-state index in [0.717, 1.165) is 6.07 Å². The summed E-state index contributed by atoms with van der Waals surface area (Å²) in [5.74, 6) is 0. The number of hydrogen-bond donors (Lipinski definition) is 1. The van der Waals surface area contributed by atoms with Crippen LogP contribution in [-0.2, 0) is 10.9 Å². The number of ether oxygens (including phenoxy) is 1. The Hall–Kier alpha value is -1.11. The van der Waals surface area contributed by atoms with Gasteiger partial charge in [-0.15, -0.1) is 0 Å². The molecule has 1 aromatic rings. The molecule has 3 nitrogen and oxygen atoms in total. The molecular formula is C16H22F3NO2. The Bertz CT molecular complexity index is 495. The molecule has 0 amide bonds. The van der Waals surface area contributed by atoms with Crippen LogP contribution in [0, 0.1) is 5.41 Å². The molecule has 1 N–H and O–H groups in total. The van der Waals surface area contributed by atoms with Gasteiger partial charge in [-0.25, -0.2) is 0 Å². The largest absolute Gasteiger partial charge is 0.416 e. The van der Waals surface area contributed by atoms with Gasteiger partial charge in [-0.3, -0.25) is 4.90 Å².